The van der Waals surface area contributed by atoms with Crippen molar-refractivity contribution in [3.05, 3.63) is 12.3 Å². The van der Waals surface area contributed by atoms with Crippen LogP contribution in [0.5, 0.6) is 0 Å². The Morgan fingerprint density at radius 2 is 2.44 bits per heavy atom. The van der Waals surface area contributed by atoms with Gasteiger partial charge in [-0.05, 0) is 13.0 Å². The van der Waals surface area contributed by atoms with Crippen LogP contribution in [-0.2, 0) is 4.74 Å². The van der Waals surface area contributed by atoms with Crippen molar-refractivity contribution in [2.45, 2.75) is 25.2 Å². The predicted molar refractivity (Wildman–Crippen MR) is 33.7 cm³/mol. The molecule has 3 heteroatoms. The number of aliphatic hydroxyl groups excluding tert-OH is 1. The van der Waals surface area contributed by atoms with E-state index in [0.717, 1.165) is 0 Å². The van der Waals surface area contributed by atoms with Crippen LogP contribution in [0.3, 0.4) is 0 Å². The van der Waals surface area contributed by atoms with E-state index in [-0.39, 0.29) is 12.1 Å². The maximum atomic E-state index is 9.07. The third-order valence-corrected chi connectivity index (χ3v) is 1.37. The van der Waals surface area contributed by atoms with Crippen LogP contribution < -0.4 is 5.73 Å². The van der Waals surface area contributed by atoms with E-state index in [0.29, 0.717) is 0 Å². The molecule has 1 rings (SSSR count). The maximum Gasteiger partial charge on any atom is 0.142 e. The van der Waals surface area contributed by atoms with Crippen LogP contribution in [0.25, 0.3) is 0 Å². The van der Waals surface area contributed by atoms with Crippen molar-refractivity contribution in [2.24, 2.45) is 5.73 Å². The highest BCUT2D eigenvalue weighted by atomic mass is 16.5. The van der Waals surface area contributed by atoms with E-state index < -0.39 is 6.10 Å². The highest BCUT2D eigenvalue weighted by Gasteiger charge is 2.25. The molecule has 1 aliphatic rings. The number of aliphatic hydroxyl groups is 1. The molecule has 0 saturated heterocycles. The summed E-state index contributed by atoms with van der Waals surface area (Å²) in [6, 6.07) is -0.116. The first kappa shape index (κ1) is 6.58. The summed E-state index contributed by atoms with van der Waals surface area (Å²) in [6.07, 6.45) is 2.31. The zero-order valence-electron chi connectivity index (χ0n) is 5.32. The van der Waals surface area contributed by atoms with Gasteiger partial charge in [-0.3, -0.25) is 0 Å². The Balaban J connectivity index is 2.45. The van der Waals surface area contributed by atoms with Crippen molar-refractivity contribution in [2.75, 3.05) is 0 Å². The van der Waals surface area contributed by atoms with Crippen molar-refractivity contribution in [1.29, 1.82) is 0 Å². The Morgan fingerprint density at radius 3 is 2.67 bits per heavy atom. The Bertz CT molecular complexity index is 122. The lowest BCUT2D eigenvalue weighted by atomic mass is 10.1. The predicted octanol–water partition coefficient (Wildman–Crippen LogP) is -0.393. The number of nitrogens with two attached hydrogens (primary N) is 1. The van der Waals surface area contributed by atoms with Gasteiger partial charge in [-0.25, -0.2) is 0 Å². The van der Waals surface area contributed by atoms with E-state index in [4.69, 9.17) is 15.6 Å². The van der Waals surface area contributed by atoms with Crippen molar-refractivity contribution in [1.82, 2.24) is 0 Å². The Labute approximate surface area is 54.1 Å². The van der Waals surface area contributed by atoms with Crippen molar-refractivity contribution < 1.29 is 9.84 Å². The molecule has 0 saturated carbocycles. The monoisotopic (exact) mass is 129 g/mol. The molecule has 0 aromatic carbocycles. The topological polar surface area (TPSA) is 55.5 Å². The highest BCUT2D eigenvalue weighted by molar-refractivity contribution is 4.98. The van der Waals surface area contributed by atoms with Crippen LogP contribution in [0.4, 0.5) is 0 Å². The molecule has 3 N–H and O–H groups in total. The normalized spacial score (nSPS) is 36.3. The standard InChI is InChI=1S/C6H11NO2/c1-4(7)6-5(8)2-3-9-6/h2-6,8H,7H2,1H3/t4-,5+,6+/m0/s1. The second kappa shape index (κ2) is 2.37. The molecule has 3 atom stereocenters. The summed E-state index contributed by atoms with van der Waals surface area (Å²) in [4.78, 5) is 0. The lowest BCUT2D eigenvalue weighted by molar-refractivity contribution is 0.0494. The fourth-order valence-electron chi connectivity index (χ4n) is 0.842. The van der Waals surface area contributed by atoms with Crippen molar-refractivity contribution in [3.63, 3.8) is 0 Å². The van der Waals surface area contributed by atoms with E-state index in [2.05, 4.69) is 0 Å². The minimum absolute atomic E-state index is 0.116. The first-order chi connectivity index (χ1) is 4.22. The van der Waals surface area contributed by atoms with E-state index in [1.165, 1.54) is 6.26 Å². The van der Waals surface area contributed by atoms with Gasteiger partial charge >= 0.3 is 0 Å². The van der Waals surface area contributed by atoms with E-state index >= 15 is 0 Å². The smallest absolute Gasteiger partial charge is 0.142 e. The molecule has 9 heavy (non-hydrogen) atoms. The summed E-state index contributed by atoms with van der Waals surface area (Å²) < 4.78 is 4.97. The molecule has 1 aliphatic heterocycles. The van der Waals surface area contributed by atoms with Crippen molar-refractivity contribution in [3.8, 4) is 0 Å². The average Bonchev–Trinajstić information content (AvgIpc) is 2.13. The molecule has 0 amide bonds. The van der Waals surface area contributed by atoms with Crippen LogP contribution in [0.1, 0.15) is 6.92 Å². The summed E-state index contributed by atoms with van der Waals surface area (Å²) in [6.45, 7) is 1.81. The van der Waals surface area contributed by atoms with Gasteiger partial charge in [0.1, 0.15) is 12.2 Å². The van der Waals surface area contributed by atoms with E-state index in [1.54, 1.807) is 13.0 Å². The minimum atomic E-state index is -0.523. The molecule has 0 bridgehead atoms. The van der Waals surface area contributed by atoms with Crippen LogP contribution in [0.2, 0.25) is 0 Å². The summed E-state index contributed by atoms with van der Waals surface area (Å²) in [5, 5.41) is 9.07. The number of hydrogen-bond acceptors (Lipinski definition) is 3. The number of rotatable bonds is 1. The second-order valence-electron chi connectivity index (χ2n) is 2.28. The zero-order chi connectivity index (χ0) is 6.85. The van der Waals surface area contributed by atoms with Crippen LogP contribution in [0, 0.1) is 0 Å². The van der Waals surface area contributed by atoms with Gasteiger partial charge in [0.2, 0.25) is 0 Å². The molecule has 3 nitrogen and oxygen atoms in total. The van der Waals surface area contributed by atoms with Gasteiger partial charge in [-0.2, -0.15) is 0 Å². The molecule has 52 valence electrons. The minimum Gasteiger partial charge on any atom is -0.494 e. The van der Waals surface area contributed by atoms with Gasteiger partial charge in [0.25, 0.3) is 0 Å². The molecule has 0 aliphatic carbocycles. The van der Waals surface area contributed by atoms with Crippen LogP contribution >= 0.6 is 0 Å². The fourth-order valence-corrected chi connectivity index (χ4v) is 0.842. The van der Waals surface area contributed by atoms with Gasteiger partial charge in [0, 0.05) is 6.04 Å². The molecule has 0 spiro atoms. The van der Waals surface area contributed by atoms with Gasteiger partial charge in [-0.15, -0.1) is 0 Å². The highest BCUT2D eigenvalue weighted by Crippen LogP contribution is 2.11. The first-order valence-electron chi connectivity index (χ1n) is 2.97. The Kier molecular flexibility index (Phi) is 1.73. The van der Waals surface area contributed by atoms with Crippen LogP contribution in [0.15, 0.2) is 12.3 Å². The molecule has 0 unspecified atom stereocenters. The van der Waals surface area contributed by atoms with Crippen molar-refractivity contribution >= 4 is 0 Å². The van der Waals surface area contributed by atoms with Crippen LogP contribution in [-0.4, -0.2) is 23.4 Å². The average molecular weight is 129 g/mol. The number of hydrogen-bond donors (Lipinski definition) is 2. The third kappa shape index (κ3) is 1.23. The SMILES string of the molecule is C[C@H](N)[C@H]1OC=C[C@H]1O. The lowest BCUT2D eigenvalue weighted by Crippen LogP contribution is -2.38. The summed E-state index contributed by atoms with van der Waals surface area (Å²) >= 11 is 0. The third-order valence-electron chi connectivity index (χ3n) is 1.37. The lowest BCUT2D eigenvalue weighted by Gasteiger charge is -2.17. The Morgan fingerprint density at radius 1 is 1.78 bits per heavy atom. The number of ether oxygens (including phenoxy) is 1. The van der Waals surface area contributed by atoms with E-state index in [9.17, 15) is 0 Å². The quantitative estimate of drug-likeness (QED) is 0.507. The molecule has 1 heterocycles. The Hall–Kier alpha value is -0.540. The second-order valence-corrected chi connectivity index (χ2v) is 2.28. The fraction of sp³-hybridized carbons (Fsp3) is 0.667. The maximum absolute atomic E-state index is 9.07. The van der Waals surface area contributed by atoms with Gasteiger partial charge < -0.3 is 15.6 Å². The van der Waals surface area contributed by atoms with Gasteiger partial charge in [-0.1, -0.05) is 0 Å². The first-order valence-corrected chi connectivity index (χ1v) is 2.97. The summed E-state index contributed by atoms with van der Waals surface area (Å²) in [5.74, 6) is 0. The molecular formula is C6H11NO2. The molecule has 0 radical (unpaired) electrons. The summed E-state index contributed by atoms with van der Waals surface area (Å²) in [5.41, 5.74) is 5.46. The van der Waals surface area contributed by atoms with Gasteiger partial charge in [0.05, 0.1) is 6.26 Å². The zero-order valence-corrected chi connectivity index (χ0v) is 5.32. The summed E-state index contributed by atoms with van der Waals surface area (Å²) in [7, 11) is 0. The molecule has 0 aromatic rings. The molecular weight excluding hydrogens is 118 g/mol. The van der Waals surface area contributed by atoms with E-state index in [1.807, 2.05) is 0 Å². The largest absolute Gasteiger partial charge is 0.494 e. The van der Waals surface area contributed by atoms with Gasteiger partial charge in [0.15, 0.2) is 0 Å². The molecule has 0 aromatic heterocycles. The molecule has 0 fully saturated rings.